The SMILES string of the molecule is CCCCCCCCCCCCCCOC(C)(C(=O)CCCCCCCCCCC)[N+](C)(C)CCCC.[Cl-]. The zero-order valence-corrected chi connectivity index (χ0v) is 27.8. The summed E-state index contributed by atoms with van der Waals surface area (Å²) in [4.78, 5) is 13.5. The Hall–Kier alpha value is -0.120. The molecule has 0 amide bonds. The van der Waals surface area contributed by atoms with E-state index in [0.29, 0.717) is 23.3 Å². The monoisotopic (exact) mass is 560 g/mol. The molecule has 3 nitrogen and oxygen atoms in total. The third-order valence-corrected chi connectivity index (χ3v) is 8.63. The molecule has 0 fully saturated rings. The highest BCUT2D eigenvalue weighted by atomic mass is 35.5. The second-order valence-corrected chi connectivity index (χ2v) is 12.5. The quantitative estimate of drug-likeness (QED) is 0.0531. The van der Waals surface area contributed by atoms with Crippen molar-refractivity contribution in [2.45, 2.75) is 188 Å². The lowest BCUT2D eigenvalue weighted by atomic mass is 9.98. The number of rotatable bonds is 29. The number of ketones is 1. The van der Waals surface area contributed by atoms with Crippen LogP contribution in [0.25, 0.3) is 0 Å². The van der Waals surface area contributed by atoms with Crippen LogP contribution in [0.2, 0.25) is 0 Å². The van der Waals surface area contributed by atoms with Gasteiger partial charge in [-0.3, -0.25) is 9.28 Å². The summed E-state index contributed by atoms with van der Waals surface area (Å²) in [6.07, 6.45) is 30.7. The Balaban J connectivity index is 0. The molecule has 0 aliphatic rings. The molecule has 0 N–H and O–H groups in total. The molecule has 1 atom stereocenters. The molecule has 0 spiro atoms. The largest absolute Gasteiger partial charge is 1.00 e. The molecule has 230 valence electrons. The molecular weight excluding hydrogens is 490 g/mol. The summed E-state index contributed by atoms with van der Waals surface area (Å²) >= 11 is 0. The van der Waals surface area contributed by atoms with E-state index in [4.69, 9.17) is 4.74 Å². The Morgan fingerprint density at radius 3 is 1.29 bits per heavy atom. The molecule has 0 rings (SSSR count). The number of nitrogens with zero attached hydrogens (tertiary/aromatic N) is 1. The van der Waals surface area contributed by atoms with Gasteiger partial charge in [0, 0.05) is 13.3 Å². The molecular formula is C34H70ClNO2. The Bertz CT molecular complexity index is 511. The predicted octanol–water partition coefficient (Wildman–Crippen LogP) is 7.79. The average Bonchev–Trinajstić information content (AvgIpc) is 2.88. The maximum Gasteiger partial charge on any atom is 0.260 e. The van der Waals surface area contributed by atoms with Gasteiger partial charge < -0.3 is 17.1 Å². The Morgan fingerprint density at radius 2 is 0.895 bits per heavy atom. The molecule has 0 radical (unpaired) electrons. The fraction of sp³-hybridized carbons (Fsp3) is 0.971. The average molecular weight is 560 g/mol. The number of hydrogen-bond acceptors (Lipinski definition) is 2. The van der Waals surface area contributed by atoms with Crippen molar-refractivity contribution in [2.24, 2.45) is 0 Å². The van der Waals surface area contributed by atoms with Gasteiger partial charge in [0.1, 0.15) is 0 Å². The van der Waals surface area contributed by atoms with Crippen molar-refractivity contribution < 1.29 is 26.4 Å². The van der Waals surface area contributed by atoms with Gasteiger partial charge in [-0.1, -0.05) is 149 Å². The molecule has 38 heavy (non-hydrogen) atoms. The molecule has 0 aromatic heterocycles. The van der Waals surface area contributed by atoms with E-state index in [1.54, 1.807) is 0 Å². The van der Waals surface area contributed by atoms with Crippen molar-refractivity contribution in [1.82, 2.24) is 0 Å². The Morgan fingerprint density at radius 1 is 0.553 bits per heavy atom. The zero-order valence-electron chi connectivity index (χ0n) is 27.0. The first kappa shape index (κ1) is 40.0. The van der Waals surface area contributed by atoms with Crippen molar-refractivity contribution in [3.8, 4) is 0 Å². The molecule has 0 saturated heterocycles. The summed E-state index contributed by atoms with van der Waals surface area (Å²) in [6, 6.07) is 0. The van der Waals surface area contributed by atoms with Gasteiger partial charge in [0.25, 0.3) is 5.72 Å². The van der Waals surface area contributed by atoms with Crippen molar-refractivity contribution in [3.63, 3.8) is 0 Å². The lowest BCUT2D eigenvalue weighted by Gasteiger charge is -2.45. The summed E-state index contributed by atoms with van der Waals surface area (Å²) < 4.78 is 7.15. The number of likely N-dealkylation sites (N-methyl/N-ethyl adjacent to an activating group) is 1. The highest BCUT2D eigenvalue weighted by molar-refractivity contribution is 5.85. The maximum atomic E-state index is 13.5. The summed E-state index contributed by atoms with van der Waals surface area (Å²) in [5.41, 5.74) is -0.715. The Kier molecular flexibility index (Phi) is 28.5. The van der Waals surface area contributed by atoms with Gasteiger partial charge in [-0.25, -0.2) is 0 Å². The van der Waals surface area contributed by atoms with E-state index in [-0.39, 0.29) is 12.4 Å². The van der Waals surface area contributed by atoms with Crippen LogP contribution < -0.4 is 12.4 Å². The van der Waals surface area contributed by atoms with Crippen molar-refractivity contribution in [3.05, 3.63) is 0 Å². The fourth-order valence-corrected chi connectivity index (χ4v) is 5.40. The molecule has 0 aromatic carbocycles. The van der Waals surface area contributed by atoms with Gasteiger partial charge in [0.2, 0.25) is 5.78 Å². The first-order valence-electron chi connectivity index (χ1n) is 16.9. The van der Waals surface area contributed by atoms with Crippen LogP contribution in [-0.4, -0.2) is 43.2 Å². The van der Waals surface area contributed by atoms with Crippen LogP contribution in [0.15, 0.2) is 0 Å². The van der Waals surface area contributed by atoms with Crippen LogP contribution in [0.4, 0.5) is 0 Å². The summed E-state index contributed by atoms with van der Waals surface area (Å²) in [5, 5.41) is 0. The number of Topliss-reactive ketones (excluding diaryl/α,β-unsaturated/α-hetero) is 1. The van der Waals surface area contributed by atoms with Gasteiger partial charge in [-0.15, -0.1) is 0 Å². The normalized spacial score (nSPS) is 13.3. The van der Waals surface area contributed by atoms with Gasteiger partial charge in [-0.05, 0) is 19.3 Å². The number of unbranched alkanes of at least 4 members (excludes halogenated alkanes) is 20. The predicted molar refractivity (Wildman–Crippen MR) is 164 cm³/mol. The standard InChI is InChI=1S/C34H70NO2.ClH/c1-7-10-13-15-17-19-20-21-23-25-27-29-32-37-34(4,35(5,6)31-12-9-3)33(36)30-28-26-24-22-18-16-14-11-8-2;/h7-32H2,1-6H3;1H/q+1;/p-1. The van der Waals surface area contributed by atoms with Gasteiger partial charge in [0.15, 0.2) is 0 Å². The van der Waals surface area contributed by atoms with Crippen molar-refractivity contribution >= 4 is 5.78 Å². The fourth-order valence-electron chi connectivity index (χ4n) is 5.40. The van der Waals surface area contributed by atoms with E-state index in [2.05, 4.69) is 41.8 Å². The highest BCUT2D eigenvalue weighted by Gasteiger charge is 2.48. The first-order chi connectivity index (χ1) is 17.9. The van der Waals surface area contributed by atoms with Gasteiger partial charge in [0.05, 0.1) is 27.2 Å². The lowest BCUT2D eigenvalue weighted by Crippen LogP contribution is -3.00. The van der Waals surface area contributed by atoms with E-state index >= 15 is 0 Å². The first-order valence-corrected chi connectivity index (χ1v) is 16.9. The van der Waals surface area contributed by atoms with E-state index in [1.807, 2.05) is 0 Å². The second-order valence-electron chi connectivity index (χ2n) is 12.5. The van der Waals surface area contributed by atoms with E-state index in [1.165, 1.54) is 122 Å². The van der Waals surface area contributed by atoms with Crippen LogP contribution in [0, 0.1) is 0 Å². The lowest BCUT2D eigenvalue weighted by molar-refractivity contribution is -0.954. The van der Waals surface area contributed by atoms with Crippen LogP contribution in [0.3, 0.4) is 0 Å². The molecule has 0 bridgehead atoms. The summed E-state index contributed by atoms with van der Waals surface area (Å²) in [5.74, 6) is 0.315. The number of hydrogen-bond donors (Lipinski definition) is 0. The molecule has 0 aromatic rings. The zero-order chi connectivity index (χ0) is 27.7. The molecule has 0 aliphatic heterocycles. The van der Waals surface area contributed by atoms with E-state index in [0.717, 1.165) is 32.2 Å². The van der Waals surface area contributed by atoms with Gasteiger partial charge in [-0.2, -0.15) is 0 Å². The van der Waals surface area contributed by atoms with E-state index < -0.39 is 5.72 Å². The maximum absolute atomic E-state index is 13.5. The Labute approximate surface area is 246 Å². The summed E-state index contributed by atoms with van der Waals surface area (Å²) in [7, 11) is 4.40. The minimum Gasteiger partial charge on any atom is -1.00 e. The topological polar surface area (TPSA) is 26.3 Å². The number of halogens is 1. The molecule has 4 heteroatoms. The molecule has 0 saturated carbocycles. The smallest absolute Gasteiger partial charge is 0.260 e. The van der Waals surface area contributed by atoms with Crippen LogP contribution in [0.1, 0.15) is 182 Å². The summed E-state index contributed by atoms with van der Waals surface area (Å²) in [6.45, 7) is 10.6. The number of carbonyl (C=O) groups excluding carboxylic acids is 1. The minimum absolute atomic E-state index is 0. The number of carbonyl (C=O) groups is 1. The van der Waals surface area contributed by atoms with E-state index in [9.17, 15) is 4.79 Å². The van der Waals surface area contributed by atoms with Crippen LogP contribution in [-0.2, 0) is 9.53 Å². The van der Waals surface area contributed by atoms with Crippen molar-refractivity contribution in [1.29, 1.82) is 0 Å². The van der Waals surface area contributed by atoms with Crippen molar-refractivity contribution in [2.75, 3.05) is 27.2 Å². The second kappa shape index (κ2) is 27.1. The highest BCUT2D eigenvalue weighted by Crippen LogP contribution is 2.28. The molecule has 0 aliphatic carbocycles. The number of ether oxygens (including phenoxy) is 1. The molecule has 1 unspecified atom stereocenters. The molecule has 0 heterocycles. The third-order valence-electron chi connectivity index (χ3n) is 8.63. The number of quaternary nitrogens is 1. The van der Waals surface area contributed by atoms with Crippen LogP contribution >= 0.6 is 0 Å². The third kappa shape index (κ3) is 19.9. The minimum atomic E-state index is -0.715. The van der Waals surface area contributed by atoms with Gasteiger partial charge >= 0.3 is 0 Å². The van der Waals surface area contributed by atoms with Crippen LogP contribution in [0.5, 0.6) is 0 Å².